The van der Waals surface area contributed by atoms with Crippen LogP contribution in [-0.2, 0) is 32.3 Å². The third kappa shape index (κ3) is 12.5. The van der Waals surface area contributed by atoms with E-state index in [1.54, 1.807) is 36.6 Å². The van der Waals surface area contributed by atoms with Gasteiger partial charge in [0.15, 0.2) is 11.6 Å². The fourth-order valence-electron chi connectivity index (χ4n) is 9.54. The average molecular weight is 1020 g/mol. The fourth-order valence-corrected chi connectivity index (χ4v) is 10.4. The summed E-state index contributed by atoms with van der Waals surface area (Å²) in [6, 6.07) is 12.7. The third-order valence-corrected chi connectivity index (χ3v) is 14.4. The highest BCUT2D eigenvalue weighted by molar-refractivity contribution is 7.13. The Morgan fingerprint density at radius 2 is 1.59 bits per heavy atom. The second-order valence-corrected chi connectivity index (χ2v) is 21.2. The number of pyridine rings is 1. The van der Waals surface area contributed by atoms with Crippen LogP contribution in [0.25, 0.3) is 32.7 Å². The largest absolute Gasteiger partial charge is 0.391 e. The molecule has 0 radical (unpaired) electrons. The molecule has 0 aliphatic carbocycles. The minimum Gasteiger partial charge on any atom is -0.391 e. The number of β-amino-alcohol motifs (C(OH)–C–C–N with tert-alkyl or cyclic N) is 1. The molecule has 6 heterocycles. The molecule has 6 aromatic rings. The van der Waals surface area contributed by atoms with Crippen molar-refractivity contribution in [3.05, 3.63) is 101 Å². The summed E-state index contributed by atoms with van der Waals surface area (Å²) < 4.78 is 32.2. The maximum atomic E-state index is 15.2. The number of carbonyl (C=O) groups excluding carboxylic acids is 4. The zero-order valence-corrected chi connectivity index (χ0v) is 43.2. The molecule has 1 unspecified atom stereocenters. The minimum atomic E-state index is -0.940. The van der Waals surface area contributed by atoms with Gasteiger partial charge in [0.2, 0.25) is 29.6 Å². The topological polar surface area (TPSA) is 204 Å². The molecule has 4 amide bonds. The second-order valence-electron chi connectivity index (χ2n) is 20.3. The molecule has 20 heteroatoms. The van der Waals surface area contributed by atoms with Crippen molar-refractivity contribution in [3.8, 4) is 21.7 Å². The highest BCUT2D eigenvalue weighted by atomic mass is 32.1. The van der Waals surface area contributed by atoms with Gasteiger partial charge in [0.1, 0.15) is 34.9 Å². The lowest BCUT2D eigenvalue weighted by atomic mass is 9.85. The molecule has 17 nitrogen and oxygen atoms in total. The van der Waals surface area contributed by atoms with Crippen molar-refractivity contribution in [3.63, 3.8) is 0 Å². The average Bonchev–Trinajstić information content (AvgIpc) is 4.08. The number of imidazole rings is 1. The first-order chi connectivity index (χ1) is 34.8. The van der Waals surface area contributed by atoms with Gasteiger partial charge in [-0.3, -0.25) is 24.1 Å². The molecule has 2 aliphatic rings. The number of aromatic nitrogens is 6. The van der Waals surface area contributed by atoms with E-state index in [4.69, 9.17) is 0 Å². The number of fused-ring (bicyclic) bond motifs is 1. The highest BCUT2D eigenvalue weighted by Crippen LogP contribution is 2.32. The summed E-state index contributed by atoms with van der Waals surface area (Å²) >= 11 is 1.57. The van der Waals surface area contributed by atoms with Gasteiger partial charge >= 0.3 is 0 Å². The second kappa shape index (κ2) is 22.6. The Morgan fingerprint density at radius 3 is 2.26 bits per heavy atom. The number of likely N-dealkylation sites (tertiary alicyclic amines) is 1. The van der Waals surface area contributed by atoms with Crippen LogP contribution in [0.15, 0.2) is 66.4 Å². The number of amides is 4. The first-order valence-corrected chi connectivity index (χ1v) is 25.7. The van der Waals surface area contributed by atoms with Gasteiger partial charge in [0.25, 0.3) is 0 Å². The van der Waals surface area contributed by atoms with Crippen molar-refractivity contribution in [1.29, 1.82) is 0 Å². The summed E-state index contributed by atoms with van der Waals surface area (Å²) in [6.45, 7) is 16.6. The molecule has 3 atom stereocenters. The number of hydrogen-bond acceptors (Lipinski definition) is 13. The van der Waals surface area contributed by atoms with Crippen molar-refractivity contribution in [1.82, 2.24) is 54.8 Å². The Hall–Kier alpha value is -6.77. The Balaban J connectivity index is 0.757. The molecular formula is C53H64F2N12O5S. The minimum absolute atomic E-state index is 0.0160. The third-order valence-electron chi connectivity index (χ3n) is 13.4. The van der Waals surface area contributed by atoms with E-state index in [-0.39, 0.29) is 72.4 Å². The number of nitrogens with zero attached hydrogens (tertiary/aromatic N) is 9. The van der Waals surface area contributed by atoms with Crippen LogP contribution >= 0.6 is 11.3 Å². The number of unbranched alkanes of at least 4 members (excludes halogenated alkanes) is 1. The van der Waals surface area contributed by atoms with Crippen LogP contribution in [0, 0.1) is 30.9 Å². The van der Waals surface area contributed by atoms with Crippen LogP contribution in [0.5, 0.6) is 0 Å². The quantitative estimate of drug-likeness (QED) is 0.0668. The van der Waals surface area contributed by atoms with E-state index in [1.807, 2.05) is 86.9 Å². The van der Waals surface area contributed by atoms with Crippen LogP contribution in [0.3, 0.4) is 0 Å². The van der Waals surface area contributed by atoms with Gasteiger partial charge < -0.3 is 35.4 Å². The number of halogens is 2. The molecule has 8 rings (SSSR count). The van der Waals surface area contributed by atoms with Crippen molar-refractivity contribution < 1.29 is 33.1 Å². The number of carbonyl (C=O) groups is 4. The van der Waals surface area contributed by atoms with Crippen LogP contribution < -0.4 is 16.0 Å². The number of hydrogen-bond donors (Lipinski definition) is 4. The van der Waals surface area contributed by atoms with Gasteiger partial charge in [-0.2, -0.15) is 0 Å². The predicted molar refractivity (Wildman–Crippen MR) is 275 cm³/mol. The number of aliphatic hydroxyl groups is 1. The van der Waals surface area contributed by atoms with E-state index in [9.17, 15) is 24.3 Å². The van der Waals surface area contributed by atoms with Crippen molar-refractivity contribution in [2.75, 3.05) is 38.0 Å². The van der Waals surface area contributed by atoms with Gasteiger partial charge in [-0.15, -0.1) is 11.3 Å². The predicted octanol–water partition coefficient (Wildman–Crippen LogP) is 7.25. The van der Waals surface area contributed by atoms with Crippen molar-refractivity contribution in [2.45, 2.75) is 118 Å². The summed E-state index contributed by atoms with van der Waals surface area (Å²) in [6.07, 6.45) is 3.37. The summed E-state index contributed by atoms with van der Waals surface area (Å²) in [4.78, 5) is 82.3. The van der Waals surface area contributed by atoms with E-state index in [0.29, 0.717) is 69.1 Å². The maximum Gasteiger partial charge on any atom is 0.246 e. The molecule has 0 saturated carbocycles. The standard InChI is InChI=1S/C53H64F2N12O5S/c1-31(2)67-33(4)60-47-39(54)22-37(23-41(47)67)46-40(55)27-58-52(63-46)61-43-17-14-35(26-56-43)28-64-18-20-65(21-19-64)45(70)11-9-8-10-44(69)62-49(53(5,6)7)51(72)66-29-38(68)24-42(66)50(71)57-25-34-12-15-36(16-13-34)48-32(3)59-30-73-48/h12-17,22-23,26-27,30-31,38,42,49,68H,8-11,18-21,24-25,28-29H2,1-7H3,(H,57,71)(H,62,69)(H,56,58,61,63)/t38-,42+,49?/m1/s1. The summed E-state index contributed by atoms with van der Waals surface area (Å²) in [5.41, 5.74) is 5.94. The first kappa shape index (κ1) is 52.5. The monoisotopic (exact) mass is 1020 g/mol. The number of thiazole rings is 1. The SMILES string of the molecule is Cc1ncsc1-c1ccc(CNC(=O)[C@@H]2C[C@@H](O)CN2C(=O)C(NC(=O)CCCCC(=O)N2CCN(Cc3ccc(Nc4ncc(F)c(-c5cc(F)c6nc(C)n(C(C)C)c6c5)n4)nc3)CC2)C(C)(C)C)cc1. The summed E-state index contributed by atoms with van der Waals surface area (Å²) in [5.74, 6) is -1.15. The molecule has 386 valence electrons. The van der Waals surface area contributed by atoms with E-state index >= 15 is 8.78 Å². The number of piperazine rings is 1. The molecule has 2 fully saturated rings. The Kier molecular flexibility index (Phi) is 16.2. The summed E-state index contributed by atoms with van der Waals surface area (Å²) in [7, 11) is 0. The highest BCUT2D eigenvalue weighted by Gasteiger charge is 2.44. The zero-order valence-electron chi connectivity index (χ0n) is 42.4. The number of anilines is 2. The molecule has 2 aliphatic heterocycles. The van der Waals surface area contributed by atoms with Gasteiger partial charge in [-0.1, -0.05) is 51.1 Å². The molecule has 0 bridgehead atoms. The van der Waals surface area contributed by atoms with E-state index in [0.717, 1.165) is 33.5 Å². The smallest absolute Gasteiger partial charge is 0.246 e. The number of rotatable bonds is 17. The molecule has 2 saturated heterocycles. The van der Waals surface area contributed by atoms with E-state index in [1.165, 1.54) is 11.0 Å². The number of benzene rings is 2. The lowest BCUT2D eigenvalue weighted by Gasteiger charge is -2.35. The molecule has 0 spiro atoms. The molecule has 73 heavy (non-hydrogen) atoms. The number of aliphatic hydroxyl groups excluding tert-OH is 1. The molecule has 4 aromatic heterocycles. The van der Waals surface area contributed by atoms with Crippen molar-refractivity contribution in [2.24, 2.45) is 5.41 Å². The number of nitrogens with one attached hydrogen (secondary N) is 3. The zero-order chi connectivity index (χ0) is 52.1. The van der Waals surface area contributed by atoms with Crippen LogP contribution in [-0.4, -0.2) is 124 Å². The van der Waals surface area contributed by atoms with Gasteiger partial charge in [-0.25, -0.2) is 33.7 Å². The van der Waals surface area contributed by atoms with Crippen LogP contribution in [0.1, 0.15) is 95.4 Å². The van der Waals surface area contributed by atoms with Gasteiger partial charge in [0.05, 0.1) is 33.9 Å². The van der Waals surface area contributed by atoms with E-state index in [2.05, 4.69) is 45.8 Å². The Morgan fingerprint density at radius 1 is 0.863 bits per heavy atom. The lowest BCUT2D eigenvalue weighted by molar-refractivity contribution is -0.144. The fraction of sp³-hybridized carbons (Fsp3) is 0.453. The van der Waals surface area contributed by atoms with Crippen LogP contribution in [0.4, 0.5) is 20.5 Å². The number of aryl methyl sites for hydroxylation is 2. The van der Waals surface area contributed by atoms with Crippen molar-refractivity contribution >= 4 is 57.8 Å². The van der Waals surface area contributed by atoms with Gasteiger partial charge in [-0.05, 0) is 80.8 Å². The molecule has 2 aromatic carbocycles. The van der Waals surface area contributed by atoms with E-state index < -0.39 is 41.1 Å². The lowest BCUT2D eigenvalue weighted by Crippen LogP contribution is -2.57. The normalized spacial score (nSPS) is 16.8. The van der Waals surface area contributed by atoms with Gasteiger partial charge in [0, 0.05) is 82.9 Å². The summed E-state index contributed by atoms with van der Waals surface area (Å²) in [5, 5.41) is 19.5. The maximum absolute atomic E-state index is 15.2. The Bertz CT molecular complexity index is 2950. The first-order valence-electron chi connectivity index (χ1n) is 24.8. The molecule has 4 N–H and O–H groups in total. The molecular weight excluding hydrogens is 955 g/mol. The van der Waals surface area contributed by atoms with Crippen LogP contribution in [0.2, 0.25) is 0 Å². The Labute approximate surface area is 427 Å².